The van der Waals surface area contributed by atoms with E-state index in [9.17, 15) is 4.79 Å². The highest BCUT2D eigenvalue weighted by Crippen LogP contribution is 2.09. The summed E-state index contributed by atoms with van der Waals surface area (Å²) in [7, 11) is 3.36. The molecular weight excluding hydrogens is 184 g/mol. The molecule has 6 nitrogen and oxygen atoms in total. The van der Waals surface area contributed by atoms with Crippen LogP contribution < -0.4 is 0 Å². The maximum Gasteiger partial charge on any atom is 0.244 e. The zero-order valence-corrected chi connectivity index (χ0v) is 8.51. The number of rotatable bonds is 3. The first-order valence-electron chi connectivity index (χ1n) is 4.28. The third kappa shape index (κ3) is 1.90. The van der Waals surface area contributed by atoms with Gasteiger partial charge in [-0.3, -0.25) is 4.79 Å². The summed E-state index contributed by atoms with van der Waals surface area (Å²) in [5, 5.41) is 16.3. The Kier molecular flexibility index (Phi) is 3.19. The number of amides is 1. The normalized spacial score (nSPS) is 12.6. The van der Waals surface area contributed by atoms with E-state index in [0.717, 1.165) is 0 Å². The van der Waals surface area contributed by atoms with Gasteiger partial charge >= 0.3 is 0 Å². The van der Waals surface area contributed by atoms with Crippen molar-refractivity contribution in [2.75, 3.05) is 14.1 Å². The topological polar surface area (TPSA) is 71.2 Å². The highest BCUT2D eigenvalue weighted by molar-refractivity contribution is 5.79. The number of carbonyl (C=O) groups is 1. The second kappa shape index (κ2) is 4.19. The number of carbonyl (C=O) groups excluding carboxylic acids is 1. The molecule has 1 atom stereocenters. The lowest BCUT2D eigenvalue weighted by molar-refractivity contribution is -0.131. The fourth-order valence-corrected chi connectivity index (χ4v) is 1.20. The minimum Gasteiger partial charge on any atom is -0.388 e. The molecule has 1 heterocycles. The van der Waals surface area contributed by atoms with E-state index < -0.39 is 0 Å². The van der Waals surface area contributed by atoms with Gasteiger partial charge < -0.3 is 14.6 Å². The first-order valence-corrected chi connectivity index (χ1v) is 4.28. The Hall–Kier alpha value is -1.43. The SMILES string of the molecule is CC(C(=O)N(C)C)n1cnnc1CO. The Morgan fingerprint density at radius 1 is 1.71 bits per heavy atom. The third-order valence-corrected chi connectivity index (χ3v) is 2.00. The average molecular weight is 198 g/mol. The zero-order valence-electron chi connectivity index (χ0n) is 8.51. The predicted molar refractivity (Wildman–Crippen MR) is 49.3 cm³/mol. The van der Waals surface area contributed by atoms with Crippen LogP contribution in [0.3, 0.4) is 0 Å². The number of hydrogen-bond acceptors (Lipinski definition) is 4. The van der Waals surface area contributed by atoms with Crippen LogP contribution in [0.5, 0.6) is 0 Å². The van der Waals surface area contributed by atoms with E-state index in [1.807, 2.05) is 0 Å². The molecule has 1 aromatic heterocycles. The standard InChI is InChI=1S/C8H14N4O2/c1-6(8(14)11(2)3)12-5-9-10-7(12)4-13/h5-6,13H,4H2,1-3H3. The molecule has 1 N–H and O–H groups in total. The van der Waals surface area contributed by atoms with Gasteiger partial charge in [-0.25, -0.2) is 0 Å². The van der Waals surface area contributed by atoms with Gasteiger partial charge in [-0.1, -0.05) is 0 Å². The lowest BCUT2D eigenvalue weighted by Gasteiger charge is -2.18. The highest BCUT2D eigenvalue weighted by atomic mass is 16.3. The first kappa shape index (κ1) is 10.6. The third-order valence-electron chi connectivity index (χ3n) is 2.00. The van der Waals surface area contributed by atoms with Crippen molar-refractivity contribution in [1.82, 2.24) is 19.7 Å². The summed E-state index contributed by atoms with van der Waals surface area (Å²) in [6.07, 6.45) is 1.44. The lowest BCUT2D eigenvalue weighted by atomic mass is 10.3. The van der Waals surface area contributed by atoms with Gasteiger partial charge in [-0.05, 0) is 6.92 Å². The Labute approximate surface area is 82.2 Å². The molecule has 14 heavy (non-hydrogen) atoms. The minimum atomic E-state index is -0.387. The monoisotopic (exact) mass is 198 g/mol. The van der Waals surface area contributed by atoms with E-state index >= 15 is 0 Å². The van der Waals surface area contributed by atoms with Gasteiger partial charge in [0.15, 0.2) is 5.82 Å². The van der Waals surface area contributed by atoms with Crippen LogP contribution in [-0.4, -0.2) is 44.8 Å². The van der Waals surface area contributed by atoms with E-state index in [4.69, 9.17) is 5.11 Å². The molecule has 6 heteroatoms. The van der Waals surface area contributed by atoms with E-state index in [2.05, 4.69) is 10.2 Å². The lowest BCUT2D eigenvalue weighted by Crippen LogP contribution is -2.30. The summed E-state index contributed by atoms with van der Waals surface area (Å²) in [6.45, 7) is 1.52. The summed E-state index contributed by atoms with van der Waals surface area (Å²) >= 11 is 0. The number of hydrogen-bond donors (Lipinski definition) is 1. The molecule has 0 spiro atoms. The summed E-state index contributed by atoms with van der Waals surface area (Å²) in [5.41, 5.74) is 0. The molecule has 0 aliphatic carbocycles. The van der Waals surface area contributed by atoms with Crippen molar-refractivity contribution >= 4 is 5.91 Å². The van der Waals surface area contributed by atoms with Gasteiger partial charge in [0.05, 0.1) is 0 Å². The molecule has 1 unspecified atom stereocenters. The van der Waals surface area contributed by atoms with Crippen LogP contribution in [0.2, 0.25) is 0 Å². The van der Waals surface area contributed by atoms with Crippen molar-refractivity contribution < 1.29 is 9.90 Å². The van der Waals surface area contributed by atoms with E-state index in [1.54, 1.807) is 25.6 Å². The summed E-state index contributed by atoms with van der Waals surface area (Å²) < 4.78 is 1.56. The largest absolute Gasteiger partial charge is 0.388 e. The molecule has 0 bridgehead atoms. The van der Waals surface area contributed by atoms with Crippen LogP contribution in [-0.2, 0) is 11.4 Å². The van der Waals surface area contributed by atoms with Gasteiger partial charge in [0.1, 0.15) is 19.0 Å². The van der Waals surface area contributed by atoms with Gasteiger partial charge in [0.25, 0.3) is 0 Å². The molecule has 78 valence electrons. The number of aliphatic hydroxyl groups is 1. The fourth-order valence-electron chi connectivity index (χ4n) is 1.20. The van der Waals surface area contributed by atoms with Crippen molar-refractivity contribution in [1.29, 1.82) is 0 Å². The number of aromatic nitrogens is 3. The summed E-state index contributed by atoms with van der Waals surface area (Å²) in [4.78, 5) is 13.1. The zero-order chi connectivity index (χ0) is 10.7. The molecule has 0 saturated heterocycles. The highest BCUT2D eigenvalue weighted by Gasteiger charge is 2.19. The molecule has 0 aromatic carbocycles. The van der Waals surface area contributed by atoms with Crippen molar-refractivity contribution in [3.63, 3.8) is 0 Å². The van der Waals surface area contributed by atoms with Gasteiger partial charge in [-0.2, -0.15) is 0 Å². The number of likely N-dealkylation sites (N-methyl/N-ethyl adjacent to an activating group) is 1. The fraction of sp³-hybridized carbons (Fsp3) is 0.625. The van der Waals surface area contributed by atoms with E-state index in [0.29, 0.717) is 5.82 Å². The van der Waals surface area contributed by atoms with Crippen LogP contribution in [0.25, 0.3) is 0 Å². The molecule has 0 aliphatic rings. The molecule has 1 amide bonds. The van der Waals surface area contributed by atoms with E-state index in [1.165, 1.54) is 11.2 Å². The quantitative estimate of drug-likeness (QED) is 0.705. The van der Waals surface area contributed by atoms with Crippen LogP contribution in [0, 0.1) is 0 Å². The van der Waals surface area contributed by atoms with Crippen molar-refractivity contribution in [2.24, 2.45) is 0 Å². The van der Waals surface area contributed by atoms with Crippen LogP contribution in [0.15, 0.2) is 6.33 Å². The Morgan fingerprint density at radius 3 is 2.86 bits per heavy atom. The summed E-state index contributed by atoms with van der Waals surface area (Å²) in [6, 6.07) is -0.387. The second-order valence-corrected chi connectivity index (χ2v) is 3.22. The Bertz CT molecular complexity index is 321. The molecule has 0 aliphatic heterocycles. The van der Waals surface area contributed by atoms with Crippen LogP contribution in [0.1, 0.15) is 18.8 Å². The van der Waals surface area contributed by atoms with Crippen LogP contribution >= 0.6 is 0 Å². The second-order valence-electron chi connectivity index (χ2n) is 3.22. The maximum absolute atomic E-state index is 11.6. The molecule has 0 saturated carbocycles. The van der Waals surface area contributed by atoms with Gasteiger partial charge in [-0.15, -0.1) is 10.2 Å². The molecule has 1 rings (SSSR count). The molecule has 0 radical (unpaired) electrons. The molecule has 0 fully saturated rings. The smallest absolute Gasteiger partial charge is 0.244 e. The average Bonchev–Trinajstić information content (AvgIpc) is 2.62. The van der Waals surface area contributed by atoms with Crippen molar-refractivity contribution in [3.05, 3.63) is 12.2 Å². The Balaban J connectivity index is 2.88. The first-order chi connectivity index (χ1) is 6.57. The molecule has 1 aromatic rings. The van der Waals surface area contributed by atoms with Crippen molar-refractivity contribution in [2.45, 2.75) is 19.6 Å². The number of aliphatic hydroxyl groups excluding tert-OH is 1. The summed E-state index contributed by atoms with van der Waals surface area (Å²) in [5.74, 6) is 0.340. The number of nitrogens with zero attached hydrogens (tertiary/aromatic N) is 4. The van der Waals surface area contributed by atoms with Crippen molar-refractivity contribution in [3.8, 4) is 0 Å². The van der Waals surface area contributed by atoms with Gasteiger partial charge in [0, 0.05) is 14.1 Å². The predicted octanol–water partition coefficient (Wildman–Crippen LogP) is -0.580. The van der Waals surface area contributed by atoms with Crippen LogP contribution in [0.4, 0.5) is 0 Å². The Morgan fingerprint density at radius 2 is 2.36 bits per heavy atom. The van der Waals surface area contributed by atoms with Gasteiger partial charge in [0.2, 0.25) is 5.91 Å². The minimum absolute atomic E-state index is 0.0560. The van der Waals surface area contributed by atoms with E-state index in [-0.39, 0.29) is 18.6 Å². The molecular formula is C8H14N4O2. The maximum atomic E-state index is 11.6.